The Morgan fingerprint density at radius 1 is 0.905 bits per heavy atom. The second-order valence-electron chi connectivity index (χ2n) is 4.29. The highest BCUT2D eigenvalue weighted by Crippen LogP contribution is 2.15. The molecule has 0 aliphatic heterocycles. The van der Waals surface area contributed by atoms with Gasteiger partial charge >= 0.3 is 0 Å². The molecule has 2 rings (SSSR count). The van der Waals surface area contributed by atoms with Crippen LogP contribution in [0.15, 0.2) is 57.5 Å². The van der Waals surface area contributed by atoms with Gasteiger partial charge in [0.15, 0.2) is 0 Å². The van der Waals surface area contributed by atoms with E-state index in [0.717, 1.165) is 10.0 Å². The number of benzene rings is 2. The van der Waals surface area contributed by atoms with E-state index >= 15 is 0 Å². The van der Waals surface area contributed by atoms with Crippen LogP contribution < -0.4 is 10.9 Å². The fourth-order valence-electron chi connectivity index (χ4n) is 1.67. The molecule has 0 saturated heterocycles. The van der Waals surface area contributed by atoms with Crippen molar-refractivity contribution in [2.75, 3.05) is 0 Å². The van der Waals surface area contributed by atoms with Crippen LogP contribution >= 0.6 is 31.9 Å². The van der Waals surface area contributed by atoms with Gasteiger partial charge in [-0.1, -0.05) is 40.2 Å². The highest BCUT2D eigenvalue weighted by Gasteiger charge is 2.10. The Morgan fingerprint density at radius 2 is 1.57 bits per heavy atom. The molecule has 0 radical (unpaired) electrons. The molecular formula is C15H12Br2N2O2. The van der Waals surface area contributed by atoms with Crippen molar-refractivity contribution in [1.29, 1.82) is 0 Å². The van der Waals surface area contributed by atoms with Gasteiger partial charge in [0.1, 0.15) is 0 Å². The van der Waals surface area contributed by atoms with Gasteiger partial charge in [-0.3, -0.25) is 20.4 Å². The Bertz CT molecular complexity index is 657. The van der Waals surface area contributed by atoms with Gasteiger partial charge in [0.05, 0.1) is 12.0 Å². The second kappa shape index (κ2) is 7.38. The van der Waals surface area contributed by atoms with E-state index in [4.69, 9.17) is 0 Å². The third-order valence-electron chi connectivity index (χ3n) is 2.71. The fourth-order valence-corrected chi connectivity index (χ4v) is 2.40. The van der Waals surface area contributed by atoms with E-state index in [-0.39, 0.29) is 18.2 Å². The van der Waals surface area contributed by atoms with Crippen molar-refractivity contribution < 1.29 is 9.59 Å². The number of carbonyl (C=O) groups excluding carboxylic acids is 2. The van der Waals surface area contributed by atoms with Crippen molar-refractivity contribution in [3.63, 3.8) is 0 Å². The van der Waals surface area contributed by atoms with Crippen molar-refractivity contribution in [3.05, 3.63) is 68.6 Å². The molecule has 0 aliphatic carbocycles. The molecule has 6 heteroatoms. The largest absolute Gasteiger partial charge is 0.273 e. The molecule has 2 N–H and O–H groups in total. The van der Waals surface area contributed by atoms with Crippen LogP contribution in [0, 0.1) is 0 Å². The molecule has 0 atom stereocenters. The molecule has 21 heavy (non-hydrogen) atoms. The van der Waals surface area contributed by atoms with E-state index in [1.807, 2.05) is 30.3 Å². The van der Waals surface area contributed by atoms with Gasteiger partial charge in [-0.05, 0) is 45.8 Å². The first-order chi connectivity index (χ1) is 10.1. The SMILES string of the molecule is O=C(Cc1ccc(Br)cc1)NNC(=O)c1ccccc1Br. The highest BCUT2D eigenvalue weighted by atomic mass is 79.9. The van der Waals surface area contributed by atoms with E-state index < -0.39 is 0 Å². The third kappa shape index (κ3) is 4.68. The number of nitrogens with one attached hydrogen (secondary N) is 2. The van der Waals surface area contributed by atoms with Gasteiger partial charge in [-0.25, -0.2) is 0 Å². The van der Waals surface area contributed by atoms with E-state index in [0.29, 0.717) is 10.0 Å². The summed E-state index contributed by atoms with van der Waals surface area (Å²) in [5, 5.41) is 0. The number of hydrogen-bond donors (Lipinski definition) is 2. The second-order valence-corrected chi connectivity index (χ2v) is 6.06. The number of carbonyl (C=O) groups is 2. The van der Waals surface area contributed by atoms with Crippen molar-refractivity contribution in [2.24, 2.45) is 0 Å². The third-order valence-corrected chi connectivity index (χ3v) is 3.93. The average Bonchev–Trinajstić information content (AvgIpc) is 2.48. The number of halogens is 2. The lowest BCUT2D eigenvalue weighted by Crippen LogP contribution is -2.42. The van der Waals surface area contributed by atoms with Crippen LogP contribution in [0.3, 0.4) is 0 Å². The molecule has 108 valence electrons. The summed E-state index contributed by atoms with van der Waals surface area (Å²) in [6.07, 6.45) is 0.198. The molecule has 0 spiro atoms. The summed E-state index contributed by atoms with van der Waals surface area (Å²) in [7, 11) is 0. The van der Waals surface area contributed by atoms with E-state index in [9.17, 15) is 9.59 Å². The zero-order chi connectivity index (χ0) is 15.2. The van der Waals surface area contributed by atoms with Crippen molar-refractivity contribution in [2.45, 2.75) is 6.42 Å². The van der Waals surface area contributed by atoms with Crippen LogP contribution in [0.5, 0.6) is 0 Å². The smallest absolute Gasteiger partial charge is 0.270 e. The number of amides is 2. The van der Waals surface area contributed by atoms with E-state index in [1.165, 1.54) is 0 Å². The molecule has 2 aromatic rings. The molecule has 2 aromatic carbocycles. The average molecular weight is 412 g/mol. The molecule has 0 aliphatic rings. The van der Waals surface area contributed by atoms with E-state index in [1.54, 1.807) is 18.2 Å². The van der Waals surface area contributed by atoms with Crippen LogP contribution in [0.2, 0.25) is 0 Å². The Labute approximate surface area is 139 Å². The number of rotatable bonds is 3. The highest BCUT2D eigenvalue weighted by molar-refractivity contribution is 9.10. The molecule has 2 amide bonds. The molecule has 0 saturated carbocycles. The lowest BCUT2D eigenvalue weighted by Gasteiger charge is -2.08. The zero-order valence-corrected chi connectivity index (χ0v) is 14.1. The topological polar surface area (TPSA) is 58.2 Å². The summed E-state index contributed by atoms with van der Waals surface area (Å²) < 4.78 is 1.62. The Balaban J connectivity index is 1.88. The Kier molecular flexibility index (Phi) is 5.52. The molecule has 0 unspecified atom stereocenters. The van der Waals surface area contributed by atoms with Crippen molar-refractivity contribution in [3.8, 4) is 0 Å². The monoisotopic (exact) mass is 410 g/mol. The summed E-state index contributed by atoms with van der Waals surface area (Å²) >= 11 is 6.62. The normalized spacial score (nSPS) is 10.0. The zero-order valence-electron chi connectivity index (χ0n) is 10.9. The van der Waals surface area contributed by atoms with Gasteiger partial charge in [-0.15, -0.1) is 0 Å². The summed E-state index contributed by atoms with van der Waals surface area (Å²) in [4.78, 5) is 23.7. The molecular weight excluding hydrogens is 400 g/mol. The van der Waals surface area contributed by atoms with Crippen LogP contribution in [0.1, 0.15) is 15.9 Å². The molecule has 0 aromatic heterocycles. The lowest BCUT2D eigenvalue weighted by molar-refractivity contribution is -0.121. The summed E-state index contributed by atoms with van der Waals surface area (Å²) in [5.41, 5.74) is 6.12. The summed E-state index contributed by atoms with van der Waals surface area (Å²) in [6, 6.07) is 14.4. The minimum atomic E-state index is -0.369. The van der Waals surface area contributed by atoms with Gasteiger partial charge in [0.2, 0.25) is 5.91 Å². The van der Waals surface area contributed by atoms with Crippen LogP contribution in [0.25, 0.3) is 0 Å². The lowest BCUT2D eigenvalue weighted by atomic mass is 10.1. The van der Waals surface area contributed by atoms with Gasteiger partial charge in [0.25, 0.3) is 5.91 Å². The van der Waals surface area contributed by atoms with Crippen LogP contribution in [-0.4, -0.2) is 11.8 Å². The maximum absolute atomic E-state index is 11.9. The van der Waals surface area contributed by atoms with Gasteiger partial charge in [0, 0.05) is 8.95 Å². The maximum atomic E-state index is 11.9. The quantitative estimate of drug-likeness (QED) is 0.762. The van der Waals surface area contributed by atoms with Crippen LogP contribution in [-0.2, 0) is 11.2 Å². The van der Waals surface area contributed by atoms with Crippen LogP contribution in [0.4, 0.5) is 0 Å². The van der Waals surface area contributed by atoms with E-state index in [2.05, 4.69) is 42.7 Å². The first-order valence-electron chi connectivity index (χ1n) is 6.14. The first-order valence-corrected chi connectivity index (χ1v) is 7.73. The fraction of sp³-hybridized carbons (Fsp3) is 0.0667. The number of hydrogen-bond acceptors (Lipinski definition) is 2. The number of hydrazine groups is 1. The molecule has 0 heterocycles. The Hall–Kier alpha value is -1.66. The minimum absolute atomic E-state index is 0.198. The summed E-state index contributed by atoms with van der Waals surface area (Å²) in [6.45, 7) is 0. The Morgan fingerprint density at radius 3 is 2.24 bits per heavy atom. The van der Waals surface area contributed by atoms with Gasteiger partial charge in [-0.2, -0.15) is 0 Å². The van der Waals surface area contributed by atoms with Gasteiger partial charge < -0.3 is 0 Å². The van der Waals surface area contributed by atoms with Crippen molar-refractivity contribution >= 4 is 43.7 Å². The standard InChI is InChI=1S/C15H12Br2N2O2/c16-11-7-5-10(6-8-11)9-14(20)18-19-15(21)12-3-1-2-4-13(12)17/h1-8H,9H2,(H,18,20)(H,19,21). The first kappa shape index (κ1) is 15.7. The maximum Gasteiger partial charge on any atom is 0.270 e. The predicted molar refractivity (Wildman–Crippen MR) is 87.6 cm³/mol. The summed E-state index contributed by atoms with van der Waals surface area (Å²) in [5.74, 6) is -0.649. The molecule has 4 nitrogen and oxygen atoms in total. The van der Waals surface area contributed by atoms with Crippen molar-refractivity contribution in [1.82, 2.24) is 10.9 Å². The molecule has 0 fully saturated rings. The minimum Gasteiger partial charge on any atom is -0.273 e. The predicted octanol–water partition coefficient (Wildman–Crippen LogP) is 3.22. The molecule has 0 bridgehead atoms.